The lowest BCUT2D eigenvalue weighted by atomic mass is 10.1. The third-order valence-corrected chi connectivity index (χ3v) is 4.24. The minimum atomic E-state index is -0.548. The van der Waals surface area contributed by atoms with Gasteiger partial charge in [-0.05, 0) is 18.6 Å². The Balaban J connectivity index is 1.76. The van der Waals surface area contributed by atoms with Gasteiger partial charge < -0.3 is 9.67 Å². The maximum atomic E-state index is 13.5. The largest absolute Gasteiger partial charge is 0.388 e. The smallest absolute Gasteiger partial charge is 0.213 e. The molecule has 0 unspecified atom stereocenters. The predicted octanol–water partition coefficient (Wildman–Crippen LogP) is 2.02. The SMILES string of the molecule is CCCc1c(Cn2ccnc2-c2cccc(F)n2)ncn2nc(CO)nc12. The van der Waals surface area contributed by atoms with Crippen molar-refractivity contribution in [2.75, 3.05) is 0 Å². The van der Waals surface area contributed by atoms with Crippen LogP contribution in [0.2, 0.25) is 0 Å². The molecule has 8 nitrogen and oxygen atoms in total. The molecule has 138 valence electrons. The number of fused-ring (bicyclic) bond motifs is 1. The summed E-state index contributed by atoms with van der Waals surface area (Å²) in [4.78, 5) is 17.2. The molecule has 0 radical (unpaired) electrons. The summed E-state index contributed by atoms with van der Waals surface area (Å²) < 4.78 is 17.0. The number of aromatic nitrogens is 7. The highest BCUT2D eigenvalue weighted by atomic mass is 19.1. The van der Waals surface area contributed by atoms with Crippen LogP contribution < -0.4 is 0 Å². The molecule has 9 heteroatoms. The lowest BCUT2D eigenvalue weighted by molar-refractivity contribution is 0.271. The van der Waals surface area contributed by atoms with Gasteiger partial charge in [-0.1, -0.05) is 19.4 Å². The van der Waals surface area contributed by atoms with Crippen molar-refractivity contribution in [1.82, 2.24) is 34.1 Å². The third-order valence-electron chi connectivity index (χ3n) is 4.24. The summed E-state index contributed by atoms with van der Waals surface area (Å²) in [5, 5.41) is 13.5. The van der Waals surface area contributed by atoms with Crippen LogP contribution in [0, 0.1) is 5.95 Å². The van der Waals surface area contributed by atoms with Gasteiger partial charge in [-0.15, -0.1) is 5.10 Å². The first-order valence-corrected chi connectivity index (χ1v) is 8.66. The first-order chi connectivity index (χ1) is 13.2. The number of hydrogen-bond acceptors (Lipinski definition) is 6. The molecule has 27 heavy (non-hydrogen) atoms. The molecule has 0 atom stereocenters. The maximum absolute atomic E-state index is 13.5. The van der Waals surface area contributed by atoms with Crippen LogP contribution in [0.1, 0.15) is 30.4 Å². The maximum Gasteiger partial charge on any atom is 0.213 e. The molecule has 0 aliphatic heterocycles. The van der Waals surface area contributed by atoms with Gasteiger partial charge in [0.2, 0.25) is 5.95 Å². The van der Waals surface area contributed by atoms with Crippen molar-refractivity contribution >= 4 is 5.65 Å². The van der Waals surface area contributed by atoms with Crippen molar-refractivity contribution in [3.8, 4) is 11.5 Å². The molecule has 0 amide bonds. The third kappa shape index (κ3) is 3.28. The van der Waals surface area contributed by atoms with Crippen LogP contribution in [0.5, 0.6) is 0 Å². The van der Waals surface area contributed by atoms with Crippen molar-refractivity contribution in [3.05, 3.63) is 59.9 Å². The summed E-state index contributed by atoms with van der Waals surface area (Å²) >= 11 is 0. The summed E-state index contributed by atoms with van der Waals surface area (Å²) in [5.74, 6) is 0.378. The highest BCUT2D eigenvalue weighted by Crippen LogP contribution is 2.20. The molecule has 4 aromatic rings. The van der Waals surface area contributed by atoms with Gasteiger partial charge in [0.1, 0.15) is 18.6 Å². The van der Waals surface area contributed by atoms with E-state index in [9.17, 15) is 9.50 Å². The summed E-state index contributed by atoms with van der Waals surface area (Å²) in [6.07, 6.45) is 6.75. The second-order valence-corrected chi connectivity index (χ2v) is 6.10. The van der Waals surface area contributed by atoms with Crippen molar-refractivity contribution in [2.45, 2.75) is 32.9 Å². The Hall–Kier alpha value is -3.20. The van der Waals surface area contributed by atoms with Gasteiger partial charge in [-0.25, -0.2) is 24.5 Å². The summed E-state index contributed by atoms with van der Waals surface area (Å²) in [5.41, 5.74) is 2.95. The summed E-state index contributed by atoms with van der Waals surface area (Å²) in [6.45, 7) is 2.30. The molecule has 0 aromatic carbocycles. The van der Waals surface area contributed by atoms with Crippen LogP contribution >= 0.6 is 0 Å². The van der Waals surface area contributed by atoms with Crippen LogP contribution in [-0.4, -0.2) is 39.2 Å². The number of rotatable bonds is 6. The Morgan fingerprint density at radius 1 is 1.19 bits per heavy atom. The van der Waals surface area contributed by atoms with E-state index in [4.69, 9.17) is 0 Å². The molecule has 4 rings (SSSR count). The van der Waals surface area contributed by atoms with Gasteiger partial charge >= 0.3 is 0 Å². The second-order valence-electron chi connectivity index (χ2n) is 6.10. The van der Waals surface area contributed by atoms with Gasteiger partial charge in [-0.3, -0.25) is 0 Å². The number of aliphatic hydroxyl groups excluding tert-OH is 1. The zero-order valence-corrected chi connectivity index (χ0v) is 14.7. The van der Waals surface area contributed by atoms with Crippen LogP contribution in [-0.2, 0) is 19.6 Å². The predicted molar refractivity (Wildman–Crippen MR) is 95.2 cm³/mol. The number of halogens is 1. The van der Waals surface area contributed by atoms with Gasteiger partial charge in [0.05, 0.1) is 12.2 Å². The summed E-state index contributed by atoms with van der Waals surface area (Å²) in [7, 11) is 0. The van der Waals surface area contributed by atoms with E-state index in [1.807, 2.05) is 10.8 Å². The Morgan fingerprint density at radius 2 is 2.07 bits per heavy atom. The normalized spacial score (nSPS) is 11.4. The minimum Gasteiger partial charge on any atom is -0.388 e. The molecule has 4 heterocycles. The monoisotopic (exact) mass is 367 g/mol. The van der Waals surface area contributed by atoms with Crippen molar-refractivity contribution in [1.29, 1.82) is 0 Å². The lowest BCUT2D eigenvalue weighted by Gasteiger charge is -2.11. The molecule has 0 spiro atoms. The molecule has 0 aliphatic rings. The van der Waals surface area contributed by atoms with E-state index in [1.54, 1.807) is 29.2 Å². The quantitative estimate of drug-likeness (QED) is 0.524. The number of aryl methyl sites for hydroxylation is 1. The number of pyridine rings is 1. The Labute approximate surface area is 154 Å². The van der Waals surface area contributed by atoms with Crippen molar-refractivity contribution in [3.63, 3.8) is 0 Å². The van der Waals surface area contributed by atoms with Crippen molar-refractivity contribution in [2.24, 2.45) is 0 Å². The molecular weight excluding hydrogens is 349 g/mol. The van der Waals surface area contributed by atoms with Crippen LogP contribution in [0.4, 0.5) is 4.39 Å². The topological polar surface area (TPSA) is 94.0 Å². The van der Waals surface area contributed by atoms with E-state index < -0.39 is 5.95 Å². The summed E-state index contributed by atoms with van der Waals surface area (Å²) in [6, 6.07) is 4.63. The Morgan fingerprint density at radius 3 is 2.85 bits per heavy atom. The van der Waals surface area contributed by atoms with Gasteiger partial charge in [0.25, 0.3) is 0 Å². The average molecular weight is 367 g/mol. The fraction of sp³-hybridized carbons (Fsp3) is 0.278. The van der Waals surface area contributed by atoms with E-state index in [1.165, 1.54) is 6.07 Å². The molecule has 0 fully saturated rings. The molecule has 0 bridgehead atoms. The zero-order valence-electron chi connectivity index (χ0n) is 14.7. The molecule has 0 saturated heterocycles. The number of hydrogen-bond donors (Lipinski definition) is 1. The van der Waals surface area contributed by atoms with Crippen LogP contribution in [0.3, 0.4) is 0 Å². The Bertz CT molecular complexity index is 1090. The van der Waals surface area contributed by atoms with E-state index in [-0.39, 0.29) is 6.61 Å². The Kier molecular flexibility index (Phi) is 4.59. The molecule has 4 aromatic heterocycles. The highest BCUT2D eigenvalue weighted by molar-refractivity contribution is 5.51. The van der Waals surface area contributed by atoms with Gasteiger partial charge in [0, 0.05) is 18.0 Å². The van der Waals surface area contributed by atoms with Gasteiger partial charge in [-0.2, -0.15) is 4.39 Å². The van der Waals surface area contributed by atoms with E-state index in [0.29, 0.717) is 29.5 Å². The first kappa shape index (κ1) is 17.2. The second kappa shape index (κ2) is 7.20. The van der Waals surface area contributed by atoms with Crippen molar-refractivity contribution < 1.29 is 9.50 Å². The average Bonchev–Trinajstić information content (AvgIpc) is 3.30. The lowest BCUT2D eigenvalue weighted by Crippen LogP contribution is -2.09. The van der Waals surface area contributed by atoms with Crippen LogP contribution in [0.15, 0.2) is 36.9 Å². The van der Waals surface area contributed by atoms with Gasteiger partial charge in [0.15, 0.2) is 17.3 Å². The molecule has 1 N–H and O–H groups in total. The number of imidazole rings is 1. The highest BCUT2D eigenvalue weighted by Gasteiger charge is 2.16. The van der Waals surface area contributed by atoms with Crippen LogP contribution in [0.25, 0.3) is 17.2 Å². The fourth-order valence-electron chi connectivity index (χ4n) is 3.06. The first-order valence-electron chi connectivity index (χ1n) is 8.66. The molecule has 0 saturated carbocycles. The minimum absolute atomic E-state index is 0.223. The standard InChI is InChI=1S/C18H18FN7O/c1-2-4-12-14(21-11-26-17(12)23-16(10-27)24-26)9-25-8-7-20-18(25)13-5-3-6-15(19)22-13/h3,5-8,11,27H,2,4,9-10H2,1H3. The van der Waals surface area contributed by atoms with E-state index in [0.717, 1.165) is 24.1 Å². The number of nitrogens with zero attached hydrogens (tertiary/aromatic N) is 7. The molecular formula is C18H18FN7O. The number of aliphatic hydroxyl groups is 1. The molecule has 0 aliphatic carbocycles. The van der Waals surface area contributed by atoms with E-state index >= 15 is 0 Å². The fourth-order valence-corrected chi connectivity index (χ4v) is 3.06. The zero-order chi connectivity index (χ0) is 18.8. The van der Waals surface area contributed by atoms with E-state index in [2.05, 4.69) is 32.0 Å².